The van der Waals surface area contributed by atoms with Gasteiger partial charge >= 0.3 is 11.9 Å². The number of hydrogen-bond donors (Lipinski definition) is 0. The minimum absolute atomic E-state index is 0.395. The van der Waals surface area contributed by atoms with E-state index in [0.717, 1.165) is 30.6 Å². The Morgan fingerprint density at radius 2 is 1.12 bits per heavy atom. The van der Waals surface area contributed by atoms with Crippen molar-refractivity contribution >= 4 is 34.6 Å². The van der Waals surface area contributed by atoms with Gasteiger partial charge in [-0.1, -0.05) is 0 Å². The topological polar surface area (TPSA) is 52.6 Å². The van der Waals surface area contributed by atoms with Gasteiger partial charge < -0.3 is 9.47 Å². The fraction of sp³-hybridized carbons (Fsp3) is 0.200. The van der Waals surface area contributed by atoms with Crippen LogP contribution in [0.5, 0.6) is 11.5 Å². The van der Waals surface area contributed by atoms with E-state index < -0.39 is 11.9 Å². The molecule has 0 amide bonds. The van der Waals surface area contributed by atoms with Crippen LogP contribution >= 0.6 is 22.7 Å². The van der Waals surface area contributed by atoms with Gasteiger partial charge in [-0.2, -0.15) is 0 Å². The van der Waals surface area contributed by atoms with Gasteiger partial charge in [0.1, 0.15) is 11.5 Å². The van der Waals surface area contributed by atoms with Crippen LogP contribution in [0.2, 0.25) is 0 Å². The highest BCUT2D eigenvalue weighted by molar-refractivity contribution is 7.15. The molecule has 6 heteroatoms. The van der Waals surface area contributed by atoms with Crippen molar-refractivity contribution in [2.24, 2.45) is 0 Å². The van der Waals surface area contributed by atoms with Crippen LogP contribution in [0.15, 0.2) is 36.4 Å². The van der Waals surface area contributed by atoms with Gasteiger partial charge in [0.05, 0.1) is 0 Å². The summed E-state index contributed by atoms with van der Waals surface area (Å²) >= 11 is 3.17. The lowest BCUT2D eigenvalue weighted by Gasteiger charge is -2.14. The lowest BCUT2D eigenvalue weighted by Crippen LogP contribution is -2.06. The van der Waals surface area contributed by atoms with Crippen molar-refractivity contribution in [3.63, 3.8) is 0 Å². The van der Waals surface area contributed by atoms with E-state index in [1.54, 1.807) is 34.8 Å². The molecule has 0 spiro atoms. The molecule has 1 aromatic carbocycles. The highest BCUT2D eigenvalue weighted by atomic mass is 32.1. The van der Waals surface area contributed by atoms with Crippen LogP contribution in [0, 0.1) is 13.8 Å². The first-order valence-corrected chi connectivity index (χ1v) is 9.65. The van der Waals surface area contributed by atoms with Gasteiger partial charge in [0.15, 0.2) is 0 Å². The van der Waals surface area contributed by atoms with E-state index in [2.05, 4.69) is 0 Å². The first-order chi connectivity index (χ1) is 12.3. The molecule has 26 heavy (non-hydrogen) atoms. The zero-order valence-electron chi connectivity index (χ0n) is 14.9. The van der Waals surface area contributed by atoms with E-state index >= 15 is 0 Å². The van der Waals surface area contributed by atoms with Crippen LogP contribution in [0.1, 0.15) is 23.6 Å². The molecule has 0 bridgehead atoms. The van der Waals surface area contributed by atoms with E-state index in [1.807, 2.05) is 38.1 Å². The molecule has 0 atom stereocenters. The van der Waals surface area contributed by atoms with E-state index in [-0.39, 0.29) is 0 Å². The lowest BCUT2D eigenvalue weighted by molar-refractivity contribution is -0.133. The first-order valence-electron chi connectivity index (χ1n) is 8.02. The molecule has 0 saturated heterocycles. The van der Waals surface area contributed by atoms with Crippen molar-refractivity contribution < 1.29 is 19.1 Å². The summed E-state index contributed by atoms with van der Waals surface area (Å²) in [4.78, 5) is 27.4. The Bertz CT molecular complexity index is 902. The quantitative estimate of drug-likeness (QED) is 0.432. The molecule has 0 aliphatic carbocycles. The van der Waals surface area contributed by atoms with Gasteiger partial charge in [0, 0.05) is 44.5 Å². The summed E-state index contributed by atoms with van der Waals surface area (Å²) in [5.41, 5.74) is 1.46. The average Bonchev–Trinajstić information content (AvgIpc) is 3.16. The standard InChI is InChI=1S/C20H18O4S2/c1-11-5-7-19(25-11)15-9-18(24-14(4)22)16(10-17(15)23-13(3)21)20-8-6-12(2)26-20/h5-10H,1-4H3. The molecule has 0 unspecified atom stereocenters. The molecule has 3 rings (SSSR count). The molecule has 2 heterocycles. The van der Waals surface area contributed by atoms with Crippen LogP contribution in [-0.2, 0) is 9.59 Å². The summed E-state index contributed by atoms with van der Waals surface area (Å²) in [5, 5.41) is 0. The van der Waals surface area contributed by atoms with Gasteiger partial charge in [-0.05, 0) is 50.2 Å². The third kappa shape index (κ3) is 4.03. The lowest BCUT2D eigenvalue weighted by atomic mass is 10.1. The Labute approximate surface area is 160 Å². The van der Waals surface area contributed by atoms with Crippen molar-refractivity contribution in [1.82, 2.24) is 0 Å². The maximum atomic E-state index is 11.6. The van der Waals surface area contributed by atoms with Gasteiger partial charge in [-0.3, -0.25) is 9.59 Å². The van der Waals surface area contributed by atoms with Gasteiger partial charge in [-0.25, -0.2) is 0 Å². The predicted molar refractivity (Wildman–Crippen MR) is 105 cm³/mol. The number of aryl methyl sites for hydroxylation is 2. The van der Waals surface area contributed by atoms with Crippen molar-refractivity contribution in [2.75, 3.05) is 0 Å². The van der Waals surface area contributed by atoms with E-state index in [4.69, 9.17) is 9.47 Å². The third-order valence-electron chi connectivity index (χ3n) is 3.60. The highest BCUT2D eigenvalue weighted by Gasteiger charge is 2.19. The second-order valence-corrected chi connectivity index (χ2v) is 8.43. The SMILES string of the molecule is CC(=O)Oc1cc(-c2ccc(C)s2)c(OC(C)=O)cc1-c1ccc(C)s1. The Hall–Kier alpha value is -2.44. The van der Waals surface area contributed by atoms with Crippen LogP contribution in [0.25, 0.3) is 20.9 Å². The molecule has 2 aromatic heterocycles. The Morgan fingerprint density at radius 3 is 1.38 bits per heavy atom. The third-order valence-corrected chi connectivity index (χ3v) is 5.67. The molecule has 134 valence electrons. The second-order valence-electron chi connectivity index (χ2n) is 5.85. The first kappa shape index (κ1) is 18.4. The molecule has 0 saturated carbocycles. The molecule has 0 fully saturated rings. The summed E-state index contributed by atoms with van der Waals surface area (Å²) in [7, 11) is 0. The molecule has 4 nitrogen and oxygen atoms in total. The zero-order chi connectivity index (χ0) is 18.8. The van der Waals surface area contributed by atoms with Crippen molar-refractivity contribution in [3.8, 4) is 32.4 Å². The number of hydrogen-bond acceptors (Lipinski definition) is 6. The average molecular weight is 386 g/mol. The molecule has 3 aromatic rings. The van der Waals surface area contributed by atoms with Crippen LogP contribution in [0.4, 0.5) is 0 Å². The van der Waals surface area contributed by atoms with Crippen LogP contribution in [-0.4, -0.2) is 11.9 Å². The number of thiophene rings is 2. The molecule has 0 aliphatic rings. The monoisotopic (exact) mass is 386 g/mol. The predicted octanol–water partition coefficient (Wildman–Crippen LogP) is 5.61. The maximum absolute atomic E-state index is 11.6. The number of carbonyl (C=O) groups is 2. The maximum Gasteiger partial charge on any atom is 0.308 e. The summed E-state index contributed by atoms with van der Waals surface area (Å²) in [6.07, 6.45) is 0. The highest BCUT2D eigenvalue weighted by Crippen LogP contribution is 2.44. The van der Waals surface area contributed by atoms with Crippen LogP contribution in [0.3, 0.4) is 0 Å². The fourth-order valence-electron chi connectivity index (χ4n) is 2.58. The summed E-state index contributed by atoms with van der Waals surface area (Å²) < 4.78 is 10.9. The van der Waals surface area contributed by atoms with Crippen molar-refractivity contribution in [3.05, 3.63) is 46.2 Å². The molecule has 0 radical (unpaired) electrons. The largest absolute Gasteiger partial charge is 0.426 e. The van der Waals surface area contributed by atoms with Crippen molar-refractivity contribution in [1.29, 1.82) is 0 Å². The molecule has 0 aliphatic heterocycles. The van der Waals surface area contributed by atoms with Gasteiger partial charge in [0.2, 0.25) is 0 Å². The normalized spacial score (nSPS) is 10.6. The molecular weight excluding hydrogens is 368 g/mol. The Balaban J connectivity index is 2.23. The number of rotatable bonds is 4. The summed E-state index contributed by atoms with van der Waals surface area (Å²) in [5.74, 6) is 0.119. The minimum Gasteiger partial charge on any atom is -0.426 e. The van der Waals surface area contributed by atoms with E-state index in [0.29, 0.717) is 11.5 Å². The molecular formula is C20H18O4S2. The number of carbonyl (C=O) groups excluding carboxylic acids is 2. The van der Waals surface area contributed by atoms with E-state index in [9.17, 15) is 9.59 Å². The number of benzene rings is 1. The number of esters is 2. The van der Waals surface area contributed by atoms with Gasteiger partial charge in [0.25, 0.3) is 0 Å². The summed E-state index contributed by atoms with van der Waals surface area (Å²) in [6.45, 7) is 6.77. The molecule has 0 N–H and O–H groups in total. The van der Waals surface area contributed by atoms with Crippen LogP contribution < -0.4 is 9.47 Å². The fourth-order valence-corrected chi connectivity index (χ4v) is 4.36. The van der Waals surface area contributed by atoms with Gasteiger partial charge in [-0.15, -0.1) is 22.7 Å². The minimum atomic E-state index is -0.395. The Morgan fingerprint density at radius 1 is 0.731 bits per heavy atom. The summed E-state index contributed by atoms with van der Waals surface area (Å²) in [6, 6.07) is 11.5. The second kappa shape index (κ2) is 7.43. The van der Waals surface area contributed by atoms with Crippen molar-refractivity contribution in [2.45, 2.75) is 27.7 Å². The Kier molecular flexibility index (Phi) is 5.25. The smallest absolute Gasteiger partial charge is 0.308 e. The van der Waals surface area contributed by atoms with E-state index in [1.165, 1.54) is 13.8 Å². The number of ether oxygens (including phenoxy) is 2. The zero-order valence-corrected chi connectivity index (χ0v) is 16.5.